The molecule has 3 nitrogen and oxygen atoms in total. The number of carbonyl (C=O) groups excluding carboxylic acids is 1. The van der Waals surface area contributed by atoms with Gasteiger partial charge in [-0.2, -0.15) is 0 Å². The summed E-state index contributed by atoms with van der Waals surface area (Å²) in [6.07, 6.45) is 34.6. The zero-order valence-electron chi connectivity index (χ0n) is 26.6. The van der Waals surface area contributed by atoms with Crippen molar-refractivity contribution in [3.63, 3.8) is 0 Å². The molecule has 0 spiro atoms. The number of carboxylic acid groups (broad SMARTS) is 1. The molecule has 3 heteroatoms. The van der Waals surface area contributed by atoms with E-state index in [9.17, 15) is 9.59 Å². The Balaban J connectivity index is -0.000000289. The smallest absolute Gasteiger partial charge is 0.327 e. The molecule has 0 aromatic rings. The van der Waals surface area contributed by atoms with Crippen molar-refractivity contribution in [2.75, 3.05) is 0 Å². The number of terminal acetylenes is 1. The highest BCUT2D eigenvalue weighted by atomic mass is 16.4. The Morgan fingerprint density at radius 3 is 2.12 bits per heavy atom. The lowest BCUT2D eigenvalue weighted by Crippen LogP contribution is -1.91. The van der Waals surface area contributed by atoms with Crippen LogP contribution in [0, 0.1) is 30.6 Å². The number of allylic oxidation sites excluding steroid dienone is 12. The number of hydrogen-bond donors (Lipinski definition) is 1. The second-order valence-electron chi connectivity index (χ2n) is 9.11. The third kappa shape index (κ3) is 36.6. The predicted octanol–water partition coefficient (Wildman–Crippen LogP) is 10.4. The van der Waals surface area contributed by atoms with E-state index >= 15 is 0 Å². The molecule has 0 aromatic heterocycles. The van der Waals surface area contributed by atoms with E-state index in [-0.39, 0.29) is 0 Å². The number of rotatable bonds is 15. The zero-order valence-corrected chi connectivity index (χ0v) is 26.6. The minimum Gasteiger partial charge on any atom is -0.478 e. The van der Waals surface area contributed by atoms with E-state index in [1.807, 2.05) is 32.9 Å². The molecule has 40 heavy (non-hydrogen) atoms. The van der Waals surface area contributed by atoms with E-state index in [1.54, 1.807) is 6.08 Å². The molecular weight excluding hydrogens is 492 g/mol. The molecule has 0 bridgehead atoms. The molecule has 0 aliphatic rings. The van der Waals surface area contributed by atoms with E-state index < -0.39 is 5.97 Å². The largest absolute Gasteiger partial charge is 0.478 e. The first-order chi connectivity index (χ1) is 19.1. The highest BCUT2D eigenvalue weighted by Gasteiger charge is 1.98. The number of aliphatic carboxylic acids is 1. The van der Waals surface area contributed by atoms with Crippen molar-refractivity contribution in [3.05, 3.63) is 83.6 Å². The summed E-state index contributed by atoms with van der Waals surface area (Å²) >= 11 is 0. The van der Waals surface area contributed by atoms with E-state index in [0.29, 0.717) is 6.42 Å². The standard InChI is InChI=1S/C21H28.C11H20O2.C3H6O.C2H2/c1-7-10-12-15-21(13-9-3)17-20(6)19(5)16-18(4)14-11-8-2;1-3-10(2)8-6-4-5-7-9-11(12)13;1-2-3-4;1-2/h8-9,11,13-14,16-17H,3,12,15H2,1-2,4-6H3;7,9-10H,3-6,8H2,1-2H3,(H,12,13);3H,2H2,1H3;1-2H/b11-8-,18-14-,19-16+,20-17+,21-13-;9-7+;;/t;10-;;/m.0../s1. The molecule has 0 unspecified atom stereocenters. The molecule has 0 aliphatic carbocycles. The first kappa shape index (κ1) is 43.5. The number of aldehydes is 1. The van der Waals surface area contributed by atoms with E-state index in [0.717, 1.165) is 37.9 Å². The second-order valence-corrected chi connectivity index (χ2v) is 9.11. The molecule has 0 aromatic carbocycles. The van der Waals surface area contributed by atoms with Crippen LogP contribution in [0.15, 0.2) is 83.6 Å². The topological polar surface area (TPSA) is 54.4 Å². The van der Waals surface area contributed by atoms with Crippen LogP contribution in [0.1, 0.15) is 107 Å². The van der Waals surface area contributed by atoms with E-state index in [1.165, 1.54) is 47.6 Å². The highest BCUT2D eigenvalue weighted by molar-refractivity contribution is 5.79. The first-order valence-corrected chi connectivity index (χ1v) is 14.2. The van der Waals surface area contributed by atoms with Gasteiger partial charge in [-0.15, -0.1) is 24.7 Å². The second kappa shape index (κ2) is 35.4. The van der Waals surface area contributed by atoms with Gasteiger partial charge in [0.25, 0.3) is 0 Å². The van der Waals surface area contributed by atoms with Crippen LogP contribution in [0.4, 0.5) is 0 Å². The Bertz CT molecular complexity index is 921. The van der Waals surface area contributed by atoms with Gasteiger partial charge in [0.15, 0.2) is 0 Å². The van der Waals surface area contributed by atoms with Gasteiger partial charge >= 0.3 is 5.97 Å². The van der Waals surface area contributed by atoms with E-state index in [4.69, 9.17) is 5.11 Å². The van der Waals surface area contributed by atoms with Gasteiger partial charge in [0.05, 0.1) is 0 Å². The van der Waals surface area contributed by atoms with Crippen molar-refractivity contribution < 1.29 is 14.7 Å². The Labute approximate surface area is 247 Å². The van der Waals surface area contributed by atoms with Crippen molar-refractivity contribution in [1.29, 1.82) is 0 Å². The Morgan fingerprint density at radius 2 is 1.65 bits per heavy atom. The van der Waals surface area contributed by atoms with Crippen LogP contribution in [0.25, 0.3) is 0 Å². The summed E-state index contributed by atoms with van der Waals surface area (Å²) in [5.74, 6) is 6.01. The third-order valence-electron chi connectivity index (χ3n) is 5.51. The molecular formula is C37H56O3. The van der Waals surface area contributed by atoms with Crippen LogP contribution in [0.3, 0.4) is 0 Å². The minimum absolute atomic E-state index is 0.639. The maximum atomic E-state index is 10.1. The van der Waals surface area contributed by atoms with Crippen LogP contribution in [-0.4, -0.2) is 17.4 Å². The predicted molar refractivity (Wildman–Crippen MR) is 178 cm³/mol. The van der Waals surface area contributed by atoms with Crippen molar-refractivity contribution in [1.82, 2.24) is 0 Å². The maximum absolute atomic E-state index is 10.1. The Morgan fingerprint density at radius 1 is 1.05 bits per heavy atom. The Hall–Kier alpha value is -3.56. The van der Waals surface area contributed by atoms with Crippen LogP contribution in [0.2, 0.25) is 0 Å². The fourth-order valence-corrected chi connectivity index (χ4v) is 2.97. The van der Waals surface area contributed by atoms with Crippen molar-refractivity contribution in [3.8, 4) is 24.7 Å². The SMILES string of the molecule is C#C.C=C\C=C(/C=C(C)/C(C)=C/C(C)=C\C=C/C)CCC#CC.CCC=O.CC[C@H](C)CCCC/C=C/C(=O)O. The molecule has 0 radical (unpaired) electrons. The molecule has 0 aliphatic heterocycles. The van der Waals surface area contributed by atoms with Gasteiger partial charge in [0.1, 0.15) is 6.29 Å². The molecule has 1 atom stereocenters. The summed E-state index contributed by atoms with van der Waals surface area (Å²) in [4.78, 5) is 19.3. The molecule has 222 valence electrons. The molecule has 0 rings (SSSR count). The quantitative estimate of drug-likeness (QED) is 0.0728. The highest BCUT2D eigenvalue weighted by Crippen LogP contribution is 2.17. The van der Waals surface area contributed by atoms with E-state index in [2.05, 4.69) is 96.3 Å². The number of unbranched alkanes of at least 4 members (excludes halogenated alkanes) is 2. The van der Waals surface area contributed by atoms with Crippen LogP contribution >= 0.6 is 0 Å². The average molecular weight is 549 g/mol. The van der Waals surface area contributed by atoms with Gasteiger partial charge in [0.2, 0.25) is 0 Å². The number of carbonyl (C=O) groups is 2. The van der Waals surface area contributed by atoms with Crippen LogP contribution in [0.5, 0.6) is 0 Å². The molecule has 0 amide bonds. The normalized spacial score (nSPS) is 12.4. The van der Waals surface area contributed by atoms with Gasteiger partial charge < -0.3 is 9.90 Å². The fraction of sp³-hybridized carbons (Fsp3) is 0.459. The van der Waals surface area contributed by atoms with Gasteiger partial charge in [-0.1, -0.05) is 101 Å². The van der Waals surface area contributed by atoms with Crippen molar-refractivity contribution in [2.45, 2.75) is 107 Å². The summed E-state index contributed by atoms with van der Waals surface area (Å²) < 4.78 is 0. The summed E-state index contributed by atoms with van der Waals surface area (Å²) in [6.45, 7) is 20.4. The maximum Gasteiger partial charge on any atom is 0.327 e. The van der Waals surface area contributed by atoms with Crippen molar-refractivity contribution in [2.24, 2.45) is 5.92 Å². The summed E-state index contributed by atoms with van der Waals surface area (Å²) in [5, 5.41) is 8.31. The van der Waals surface area contributed by atoms with Gasteiger partial charge in [-0.3, -0.25) is 0 Å². The summed E-state index contributed by atoms with van der Waals surface area (Å²) in [6, 6.07) is 0. The molecule has 0 saturated carbocycles. The molecule has 0 saturated heterocycles. The molecule has 0 fully saturated rings. The first-order valence-electron chi connectivity index (χ1n) is 14.2. The lowest BCUT2D eigenvalue weighted by molar-refractivity contribution is -0.131. The van der Waals surface area contributed by atoms with Gasteiger partial charge in [-0.05, 0) is 76.5 Å². The molecule has 1 N–H and O–H groups in total. The number of hydrogen-bond acceptors (Lipinski definition) is 2. The lowest BCUT2D eigenvalue weighted by atomic mass is 10.0. The average Bonchev–Trinajstić information content (AvgIpc) is 2.95. The van der Waals surface area contributed by atoms with Crippen LogP contribution < -0.4 is 0 Å². The zero-order chi connectivity index (χ0) is 31.6. The van der Waals surface area contributed by atoms with Crippen LogP contribution in [-0.2, 0) is 9.59 Å². The van der Waals surface area contributed by atoms with Crippen molar-refractivity contribution >= 4 is 12.3 Å². The minimum atomic E-state index is -0.845. The third-order valence-corrected chi connectivity index (χ3v) is 5.51. The number of carboxylic acids is 1. The van der Waals surface area contributed by atoms with Gasteiger partial charge in [-0.25, -0.2) is 4.79 Å². The summed E-state index contributed by atoms with van der Waals surface area (Å²) in [7, 11) is 0. The van der Waals surface area contributed by atoms with Gasteiger partial charge in [0, 0.05) is 18.9 Å². The lowest BCUT2D eigenvalue weighted by Gasteiger charge is -2.05. The Kier molecular flexibility index (Phi) is 38.5. The fourth-order valence-electron chi connectivity index (χ4n) is 2.97. The molecule has 0 heterocycles. The summed E-state index contributed by atoms with van der Waals surface area (Å²) in [5.41, 5.74) is 5.09. The monoisotopic (exact) mass is 548 g/mol.